The van der Waals surface area contributed by atoms with Crippen LogP contribution in [0.3, 0.4) is 0 Å². The van der Waals surface area contributed by atoms with Gasteiger partial charge in [-0.15, -0.1) is 0 Å². The first-order valence-corrected chi connectivity index (χ1v) is 7.55. The molecule has 2 aromatic rings. The first-order valence-electron chi connectivity index (χ1n) is 7.55. The molecule has 3 nitrogen and oxygen atoms in total. The zero-order valence-electron chi connectivity index (χ0n) is 12.2. The van der Waals surface area contributed by atoms with Crippen LogP contribution in [0.2, 0.25) is 0 Å². The van der Waals surface area contributed by atoms with E-state index >= 15 is 0 Å². The second kappa shape index (κ2) is 6.33. The Hall–Kier alpha value is -1.45. The Balaban J connectivity index is 1.69. The van der Waals surface area contributed by atoms with E-state index in [0.29, 0.717) is 0 Å². The van der Waals surface area contributed by atoms with Crippen molar-refractivity contribution >= 4 is 10.9 Å². The number of aromatic nitrogens is 1. The number of nitrogens with zero attached hydrogens (tertiary/aromatic N) is 2. The van der Waals surface area contributed by atoms with Gasteiger partial charge >= 0.3 is 0 Å². The molecule has 0 aliphatic carbocycles. The summed E-state index contributed by atoms with van der Waals surface area (Å²) in [5.74, 6) is 0.793. The van der Waals surface area contributed by atoms with Gasteiger partial charge in [0.25, 0.3) is 0 Å². The number of rotatable bonds is 4. The lowest BCUT2D eigenvalue weighted by Gasteiger charge is -2.27. The summed E-state index contributed by atoms with van der Waals surface area (Å²) in [6.07, 6.45) is 4.60. The number of pyridine rings is 1. The van der Waals surface area contributed by atoms with Gasteiger partial charge in [-0.2, -0.15) is 0 Å². The van der Waals surface area contributed by atoms with Crippen molar-refractivity contribution in [3.05, 3.63) is 42.1 Å². The van der Waals surface area contributed by atoms with E-state index in [-0.39, 0.29) is 0 Å². The second-order valence-electron chi connectivity index (χ2n) is 5.90. The van der Waals surface area contributed by atoms with E-state index in [4.69, 9.17) is 0 Å². The Morgan fingerprint density at radius 1 is 1.30 bits per heavy atom. The topological polar surface area (TPSA) is 28.2 Å². The maximum atomic E-state index is 4.44. The molecule has 3 heteroatoms. The van der Waals surface area contributed by atoms with E-state index in [1.807, 2.05) is 6.20 Å². The second-order valence-corrected chi connectivity index (χ2v) is 5.90. The summed E-state index contributed by atoms with van der Waals surface area (Å²) < 4.78 is 0. The van der Waals surface area contributed by atoms with Crippen LogP contribution < -0.4 is 5.32 Å². The summed E-state index contributed by atoms with van der Waals surface area (Å²) in [4.78, 5) is 6.88. The molecular formula is C17H23N3. The van der Waals surface area contributed by atoms with Gasteiger partial charge in [0.1, 0.15) is 0 Å². The van der Waals surface area contributed by atoms with Crippen molar-refractivity contribution in [2.24, 2.45) is 5.92 Å². The Morgan fingerprint density at radius 2 is 2.20 bits per heavy atom. The van der Waals surface area contributed by atoms with Crippen molar-refractivity contribution in [1.82, 2.24) is 15.2 Å². The zero-order valence-corrected chi connectivity index (χ0v) is 12.2. The molecule has 1 saturated heterocycles. The minimum absolute atomic E-state index is 0.793. The van der Waals surface area contributed by atoms with Crippen molar-refractivity contribution in [2.45, 2.75) is 19.4 Å². The molecule has 1 aliphatic heterocycles. The molecule has 1 N–H and O–H groups in total. The maximum Gasteiger partial charge on any atom is 0.0705 e. The predicted octanol–water partition coefficient (Wildman–Crippen LogP) is 2.67. The molecule has 1 unspecified atom stereocenters. The Morgan fingerprint density at radius 3 is 3.05 bits per heavy atom. The average Bonchev–Trinajstić information content (AvgIpc) is 2.48. The van der Waals surface area contributed by atoms with E-state index in [1.54, 1.807) is 0 Å². The summed E-state index contributed by atoms with van der Waals surface area (Å²) in [6, 6.07) is 10.6. The molecule has 0 bridgehead atoms. The van der Waals surface area contributed by atoms with Crippen LogP contribution in [0.15, 0.2) is 36.5 Å². The Bertz CT molecular complexity index is 556. The number of nitrogens with one attached hydrogen (secondary N) is 1. The molecular weight excluding hydrogens is 246 g/mol. The van der Waals surface area contributed by atoms with E-state index in [0.717, 1.165) is 18.0 Å². The largest absolute Gasteiger partial charge is 0.316 e. The number of para-hydroxylation sites is 1. The number of hydrogen-bond donors (Lipinski definition) is 1. The monoisotopic (exact) mass is 269 g/mol. The number of piperidine rings is 1. The molecule has 0 saturated carbocycles. The van der Waals surface area contributed by atoms with Gasteiger partial charge in [0.05, 0.1) is 5.52 Å². The van der Waals surface area contributed by atoms with Crippen LogP contribution in [0.25, 0.3) is 10.9 Å². The van der Waals surface area contributed by atoms with Crippen LogP contribution in [0.4, 0.5) is 0 Å². The first-order chi connectivity index (χ1) is 9.83. The zero-order chi connectivity index (χ0) is 13.8. The quantitative estimate of drug-likeness (QED) is 0.925. The van der Waals surface area contributed by atoms with E-state index in [9.17, 15) is 0 Å². The van der Waals surface area contributed by atoms with Crippen LogP contribution in [-0.4, -0.2) is 36.6 Å². The molecule has 1 aromatic carbocycles. The highest BCUT2D eigenvalue weighted by Gasteiger charge is 2.15. The molecule has 0 radical (unpaired) electrons. The SMILES string of the molecule is CN(Cc1ccnc2ccccc12)CC1CCCNC1. The molecule has 106 valence electrons. The highest BCUT2D eigenvalue weighted by molar-refractivity contribution is 5.81. The van der Waals surface area contributed by atoms with Crippen molar-refractivity contribution in [3.8, 4) is 0 Å². The van der Waals surface area contributed by atoms with Crippen molar-refractivity contribution in [2.75, 3.05) is 26.7 Å². The van der Waals surface area contributed by atoms with Crippen LogP contribution in [0.1, 0.15) is 18.4 Å². The first kappa shape index (κ1) is 13.5. The smallest absolute Gasteiger partial charge is 0.0705 e. The minimum Gasteiger partial charge on any atom is -0.316 e. The lowest BCUT2D eigenvalue weighted by Crippen LogP contribution is -2.36. The van der Waals surface area contributed by atoms with Gasteiger partial charge in [0, 0.05) is 24.7 Å². The standard InChI is InChI=1S/C17H23N3/c1-20(12-14-5-4-9-18-11-14)13-15-8-10-19-17-7-3-2-6-16(15)17/h2-3,6-8,10,14,18H,4-5,9,11-13H2,1H3. The van der Waals surface area contributed by atoms with Crippen molar-refractivity contribution < 1.29 is 0 Å². The molecule has 1 fully saturated rings. The van der Waals surface area contributed by atoms with E-state index in [2.05, 4.69) is 52.6 Å². The van der Waals surface area contributed by atoms with Gasteiger partial charge in [0.15, 0.2) is 0 Å². The normalized spacial score (nSPS) is 19.6. The van der Waals surface area contributed by atoms with E-state index in [1.165, 1.54) is 43.4 Å². The summed E-state index contributed by atoms with van der Waals surface area (Å²) in [5, 5.41) is 4.78. The number of hydrogen-bond acceptors (Lipinski definition) is 3. The lowest BCUT2D eigenvalue weighted by molar-refractivity contribution is 0.238. The highest BCUT2D eigenvalue weighted by Crippen LogP contribution is 2.18. The maximum absolute atomic E-state index is 4.44. The molecule has 2 heterocycles. The molecule has 1 atom stereocenters. The minimum atomic E-state index is 0.793. The fourth-order valence-electron chi connectivity index (χ4n) is 3.17. The average molecular weight is 269 g/mol. The molecule has 1 aromatic heterocycles. The lowest BCUT2D eigenvalue weighted by atomic mass is 9.99. The third-order valence-electron chi connectivity index (χ3n) is 4.15. The van der Waals surface area contributed by atoms with Crippen molar-refractivity contribution in [3.63, 3.8) is 0 Å². The summed E-state index contributed by atoms with van der Waals surface area (Å²) in [7, 11) is 2.23. The van der Waals surface area contributed by atoms with E-state index < -0.39 is 0 Å². The van der Waals surface area contributed by atoms with Crippen LogP contribution >= 0.6 is 0 Å². The summed E-state index contributed by atoms with van der Waals surface area (Å²) >= 11 is 0. The van der Waals surface area contributed by atoms with Gasteiger partial charge in [-0.3, -0.25) is 4.98 Å². The molecule has 3 rings (SSSR count). The Kier molecular flexibility index (Phi) is 4.28. The van der Waals surface area contributed by atoms with Gasteiger partial charge < -0.3 is 10.2 Å². The fourth-order valence-corrected chi connectivity index (χ4v) is 3.17. The van der Waals surface area contributed by atoms with Crippen molar-refractivity contribution in [1.29, 1.82) is 0 Å². The Labute approximate surface area is 121 Å². The highest BCUT2D eigenvalue weighted by atomic mass is 15.1. The molecule has 0 amide bonds. The van der Waals surface area contributed by atoms with Gasteiger partial charge in [-0.05, 0) is 56.6 Å². The van der Waals surface area contributed by atoms with Gasteiger partial charge in [-0.25, -0.2) is 0 Å². The van der Waals surface area contributed by atoms with Gasteiger partial charge in [-0.1, -0.05) is 18.2 Å². The molecule has 20 heavy (non-hydrogen) atoms. The van der Waals surface area contributed by atoms with Crippen LogP contribution in [0, 0.1) is 5.92 Å². The predicted molar refractivity (Wildman–Crippen MR) is 83.7 cm³/mol. The fraction of sp³-hybridized carbons (Fsp3) is 0.471. The summed E-state index contributed by atoms with van der Waals surface area (Å²) in [5.41, 5.74) is 2.47. The number of benzene rings is 1. The summed E-state index contributed by atoms with van der Waals surface area (Å²) in [6.45, 7) is 4.53. The third-order valence-corrected chi connectivity index (χ3v) is 4.15. The third kappa shape index (κ3) is 3.17. The van der Waals surface area contributed by atoms with Crippen LogP contribution in [0.5, 0.6) is 0 Å². The van der Waals surface area contributed by atoms with Gasteiger partial charge in [0.2, 0.25) is 0 Å². The molecule has 0 spiro atoms. The molecule has 1 aliphatic rings. The van der Waals surface area contributed by atoms with Crippen LogP contribution in [-0.2, 0) is 6.54 Å². The number of fused-ring (bicyclic) bond motifs is 1.